The van der Waals surface area contributed by atoms with Crippen molar-refractivity contribution in [3.8, 4) is 0 Å². The second-order valence-corrected chi connectivity index (χ2v) is 3.64. The highest BCUT2D eigenvalue weighted by atomic mass is 16.4. The number of rotatable bonds is 3. The van der Waals surface area contributed by atoms with E-state index in [-0.39, 0.29) is 6.04 Å². The third-order valence-electron chi connectivity index (χ3n) is 2.08. The monoisotopic (exact) mass is 193 g/mol. The first-order valence-electron chi connectivity index (χ1n) is 4.59. The van der Waals surface area contributed by atoms with Gasteiger partial charge in [0.25, 0.3) is 0 Å². The molecule has 1 aromatic carbocycles. The van der Waals surface area contributed by atoms with Crippen LogP contribution in [0.4, 0.5) is 0 Å². The van der Waals surface area contributed by atoms with Crippen LogP contribution < -0.4 is 5.73 Å². The van der Waals surface area contributed by atoms with Crippen molar-refractivity contribution >= 4 is 5.97 Å². The maximum atomic E-state index is 10.7. The third-order valence-corrected chi connectivity index (χ3v) is 2.08. The quantitative estimate of drug-likeness (QED) is 0.766. The Hall–Kier alpha value is -1.35. The first-order chi connectivity index (χ1) is 6.50. The van der Waals surface area contributed by atoms with Crippen LogP contribution in [-0.2, 0) is 6.42 Å². The van der Waals surface area contributed by atoms with Gasteiger partial charge < -0.3 is 10.8 Å². The molecule has 0 aliphatic rings. The molecule has 0 saturated carbocycles. The van der Waals surface area contributed by atoms with E-state index in [9.17, 15) is 4.79 Å². The lowest BCUT2D eigenvalue weighted by Gasteiger charge is -2.07. The van der Waals surface area contributed by atoms with Crippen molar-refractivity contribution < 1.29 is 9.90 Å². The van der Waals surface area contributed by atoms with Crippen LogP contribution in [0.5, 0.6) is 0 Å². The molecule has 3 heteroatoms. The maximum absolute atomic E-state index is 10.7. The fourth-order valence-corrected chi connectivity index (χ4v) is 1.46. The van der Waals surface area contributed by atoms with Gasteiger partial charge >= 0.3 is 5.97 Å². The number of carboxylic acid groups (broad SMARTS) is 1. The Bertz CT molecular complexity index is 345. The average molecular weight is 193 g/mol. The Balaban J connectivity index is 2.94. The SMILES string of the molecule is Cc1cc(CC(C)N)ccc1C(=O)O. The van der Waals surface area contributed by atoms with E-state index < -0.39 is 5.97 Å². The summed E-state index contributed by atoms with van der Waals surface area (Å²) in [6.45, 7) is 3.73. The van der Waals surface area contributed by atoms with Crippen molar-refractivity contribution in [1.82, 2.24) is 0 Å². The highest BCUT2D eigenvalue weighted by Crippen LogP contribution is 2.12. The maximum Gasteiger partial charge on any atom is 0.335 e. The Morgan fingerprint density at radius 1 is 1.57 bits per heavy atom. The number of aromatic carboxylic acids is 1. The van der Waals surface area contributed by atoms with E-state index in [1.54, 1.807) is 13.0 Å². The zero-order valence-electron chi connectivity index (χ0n) is 8.45. The molecule has 0 fully saturated rings. The summed E-state index contributed by atoms with van der Waals surface area (Å²) in [6, 6.07) is 5.44. The summed E-state index contributed by atoms with van der Waals surface area (Å²) >= 11 is 0. The molecule has 0 amide bonds. The zero-order chi connectivity index (χ0) is 10.7. The Morgan fingerprint density at radius 2 is 2.21 bits per heavy atom. The van der Waals surface area contributed by atoms with Crippen LogP contribution in [-0.4, -0.2) is 17.1 Å². The van der Waals surface area contributed by atoms with Gasteiger partial charge in [-0.3, -0.25) is 0 Å². The molecule has 0 aromatic heterocycles. The fourth-order valence-electron chi connectivity index (χ4n) is 1.46. The minimum atomic E-state index is -0.880. The second-order valence-electron chi connectivity index (χ2n) is 3.64. The summed E-state index contributed by atoms with van der Waals surface area (Å²) in [7, 11) is 0. The molecule has 1 unspecified atom stereocenters. The molecule has 0 heterocycles. The first kappa shape index (κ1) is 10.7. The fraction of sp³-hybridized carbons (Fsp3) is 0.364. The second kappa shape index (κ2) is 4.24. The molecule has 1 atom stereocenters. The van der Waals surface area contributed by atoms with Crippen LogP contribution in [0.1, 0.15) is 28.4 Å². The van der Waals surface area contributed by atoms with Crippen molar-refractivity contribution in [1.29, 1.82) is 0 Å². The molecule has 1 rings (SSSR count). The molecule has 3 nitrogen and oxygen atoms in total. The number of hydrogen-bond acceptors (Lipinski definition) is 2. The minimum Gasteiger partial charge on any atom is -0.478 e. The molecular formula is C11H15NO2. The number of hydrogen-bond donors (Lipinski definition) is 2. The minimum absolute atomic E-state index is 0.102. The lowest BCUT2D eigenvalue weighted by atomic mass is 10.0. The standard InChI is InChI=1S/C11H15NO2/c1-7-5-9(6-8(2)12)3-4-10(7)11(13)14/h3-5,8H,6,12H2,1-2H3,(H,13,14). The van der Waals surface area contributed by atoms with Gasteiger partial charge in [0.15, 0.2) is 0 Å². The predicted octanol–water partition coefficient (Wildman–Crippen LogP) is 1.58. The van der Waals surface area contributed by atoms with Gasteiger partial charge in [-0.05, 0) is 37.5 Å². The van der Waals surface area contributed by atoms with Crippen LogP contribution in [0.15, 0.2) is 18.2 Å². The Kier molecular flexibility index (Phi) is 3.25. The first-order valence-corrected chi connectivity index (χ1v) is 4.59. The van der Waals surface area contributed by atoms with Crippen LogP contribution in [0.2, 0.25) is 0 Å². The summed E-state index contributed by atoms with van der Waals surface area (Å²) in [5, 5.41) is 8.81. The van der Waals surface area contributed by atoms with Crippen LogP contribution >= 0.6 is 0 Å². The van der Waals surface area contributed by atoms with Gasteiger partial charge in [0, 0.05) is 6.04 Å². The Morgan fingerprint density at radius 3 is 2.64 bits per heavy atom. The van der Waals surface area contributed by atoms with Crippen molar-refractivity contribution in [3.05, 3.63) is 34.9 Å². The van der Waals surface area contributed by atoms with E-state index in [0.29, 0.717) is 5.56 Å². The van der Waals surface area contributed by atoms with Gasteiger partial charge in [0.2, 0.25) is 0 Å². The molecule has 3 N–H and O–H groups in total. The molecule has 0 saturated heterocycles. The van der Waals surface area contributed by atoms with Crippen molar-refractivity contribution in [2.24, 2.45) is 5.73 Å². The van der Waals surface area contributed by atoms with E-state index in [1.807, 2.05) is 19.1 Å². The summed E-state index contributed by atoms with van der Waals surface area (Å²) in [5.41, 5.74) is 7.89. The molecule has 76 valence electrons. The van der Waals surface area contributed by atoms with Gasteiger partial charge in [-0.2, -0.15) is 0 Å². The van der Waals surface area contributed by atoms with Gasteiger partial charge in [0.05, 0.1) is 5.56 Å². The van der Waals surface area contributed by atoms with Crippen LogP contribution in [0.25, 0.3) is 0 Å². The lowest BCUT2D eigenvalue weighted by Crippen LogP contribution is -2.17. The molecule has 0 aliphatic carbocycles. The third kappa shape index (κ3) is 2.57. The summed E-state index contributed by atoms with van der Waals surface area (Å²) in [6.07, 6.45) is 0.779. The van der Waals surface area contributed by atoms with Crippen LogP contribution in [0, 0.1) is 6.92 Å². The highest BCUT2D eigenvalue weighted by Gasteiger charge is 2.07. The molecule has 0 spiro atoms. The molecule has 0 radical (unpaired) electrons. The zero-order valence-corrected chi connectivity index (χ0v) is 8.45. The van der Waals surface area contributed by atoms with Crippen molar-refractivity contribution in [2.45, 2.75) is 26.3 Å². The van der Waals surface area contributed by atoms with Crippen molar-refractivity contribution in [2.75, 3.05) is 0 Å². The van der Waals surface area contributed by atoms with Crippen molar-refractivity contribution in [3.63, 3.8) is 0 Å². The molecule has 14 heavy (non-hydrogen) atoms. The molecule has 1 aromatic rings. The summed E-state index contributed by atoms with van der Waals surface area (Å²) < 4.78 is 0. The van der Waals surface area contributed by atoms with E-state index in [4.69, 9.17) is 10.8 Å². The summed E-state index contributed by atoms with van der Waals surface area (Å²) in [4.78, 5) is 10.7. The van der Waals surface area contributed by atoms with E-state index in [1.165, 1.54) is 0 Å². The largest absolute Gasteiger partial charge is 0.478 e. The molecule has 0 bridgehead atoms. The number of carbonyl (C=O) groups is 1. The van der Waals surface area contributed by atoms with Gasteiger partial charge in [0.1, 0.15) is 0 Å². The van der Waals surface area contributed by atoms with Gasteiger partial charge in [-0.25, -0.2) is 4.79 Å². The number of aryl methyl sites for hydroxylation is 1. The summed E-state index contributed by atoms with van der Waals surface area (Å²) in [5.74, 6) is -0.880. The molecule has 0 aliphatic heterocycles. The van der Waals surface area contributed by atoms with Gasteiger partial charge in [-0.15, -0.1) is 0 Å². The smallest absolute Gasteiger partial charge is 0.335 e. The van der Waals surface area contributed by atoms with E-state index in [0.717, 1.165) is 17.5 Å². The topological polar surface area (TPSA) is 63.3 Å². The van der Waals surface area contributed by atoms with Crippen LogP contribution in [0.3, 0.4) is 0 Å². The predicted molar refractivity (Wildman–Crippen MR) is 55.5 cm³/mol. The highest BCUT2D eigenvalue weighted by molar-refractivity contribution is 5.89. The number of carboxylic acids is 1. The lowest BCUT2D eigenvalue weighted by molar-refractivity contribution is 0.0696. The number of nitrogens with two attached hydrogens (primary N) is 1. The normalized spacial score (nSPS) is 12.5. The molecular weight excluding hydrogens is 178 g/mol. The number of benzene rings is 1. The van der Waals surface area contributed by atoms with Gasteiger partial charge in [-0.1, -0.05) is 12.1 Å². The van der Waals surface area contributed by atoms with E-state index >= 15 is 0 Å². The van der Waals surface area contributed by atoms with E-state index in [2.05, 4.69) is 0 Å². The Labute approximate surface area is 83.6 Å². The average Bonchev–Trinajstić information content (AvgIpc) is 2.01.